The molecule has 0 N–H and O–H groups in total. The zero-order chi connectivity index (χ0) is 18.7. The van der Waals surface area contributed by atoms with E-state index in [0.717, 1.165) is 5.69 Å². The second-order valence-electron chi connectivity index (χ2n) is 7.03. The maximum absolute atomic E-state index is 12.3. The van der Waals surface area contributed by atoms with Crippen LogP contribution in [0, 0.1) is 12.3 Å². The average Bonchev–Trinajstić information content (AvgIpc) is 3.04. The van der Waals surface area contributed by atoms with Gasteiger partial charge in [0.05, 0.1) is 11.9 Å². The zero-order valence-electron chi connectivity index (χ0n) is 15.3. The summed E-state index contributed by atoms with van der Waals surface area (Å²) in [5.41, 5.74) is 2.34. The lowest BCUT2D eigenvalue weighted by atomic mass is 9.92. The minimum Gasteiger partial charge on any atom is -0.298 e. The van der Waals surface area contributed by atoms with E-state index in [9.17, 15) is 4.79 Å². The van der Waals surface area contributed by atoms with Gasteiger partial charge in [-0.1, -0.05) is 50.2 Å². The third-order valence-corrected chi connectivity index (χ3v) is 4.82. The molecule has 134 valence electrons. The molecule has 26 heavy (non-hydrogen) atoms. The zero-order valence-corrected chi connectivity index (χ0v) is 16.1. The van der Waals surface area contributed by atoms with Crippen molar-refractivity contribution in [3.8, 4) is 17.2 Å². The van der Waals surface area contributed by atoms with E-state index < -0.39 is 0 Å². The molecule has 0 aliphatic heterocycles. The van der Waals surface area contributed by atoms with Crippen LogP contribution >= 0.6 is 11.8 Å². The van der Waals surface area contributed by atoms with Crippen LogP contribution in [0.2, 0.25) is 0 Å². The predicted octanol–water partition coefficient (Wildman–Crippen LogP) is 3.74. The summed E-state index contributed by atoms with van der Waals surface area (Å²) >= 11 is 1.39. The number of hydrogen-bond acceptors (Lipinski definition) is 6. The molecule has 0 spiro atoms. The van der Waals surface area contributed by atoms with Crippen LogP contribution in [0.1, 0.15) is 26.3 Å². The van der Waals surface area contributed by atoms with Crippen molar-refractivity contribution < 1.29 is 4.79 Å². The van der Waals surface area contributed by atoms with Gasteiger partial charge < -0.3 is 0 Å². The molecular weight excluding hydrogens is 346 g/mol. The van der Waals surface area contributed by atoms with E-state index in [1.807, 2.05) is 56.5 Å². The van der Waals surface area contributed by atoms with Crippen molar-refractivity contribution >= 4 is 17.5 Å². The van der Waals surface area contributed by atoms with Gasteiger partial charge in [0.25, 0.3) is 0 Å². The number of carbonyl (C=O) groups excluding carboxylic acids is 1. The number of thioether (sulfide) groups is 1. The van der Waals surface area contributed by atoms with Gasteiger partial charge in [-0.3, -0.25) is 14.3 Å². The van der Waals surface area contributed by atoms with Crippen molar-refractivity contribution in [2.45, 2.75) is 32.9 Å². The summed E-state index contributed by atoms with van der Waals surface area (Å²) in [6, 6.07) is 8.08. The molecule has 0 radical (unpaired) electrons. The third-order valence-electron chi connectivity index (χ3n) is 3.89. The Morgan fingerprint density at radius 1 is 1.12 bits per heavy atom. The number of ketones is 1. The molecule has 0 amide bonds. The molecule has 0 saturated heterocycles. The Morgan fingerprint density at radius 3 is 2.46 bits per heavy atom. The van der Waals surface area contributed by atoms with Crippen LogP contribution in [-0.4, -0.2) is 36.3 Å². The molecular formula is C19H21N5OS. The quantitative estimate of drug-likeness (QED) is 0.640. The van der Waals surface area contributed by atoms with E-state index in [4.69, 9.17) is 0 Å². The Bertz CT molecular complexity index is 898. The van der Waals surface area contributed by atoms with Crippen LogP contribution in [-0.2, 0) is 4.79 Å². The van der Waals surface area contributed by atoms with Gasteiger partial charge in [-0.05, 0) is 19.1 Å². The lowest BCUT2D eigenvalue weighted by Crippen LogP contribution is -2.22. The highest BCUT2D eigenvalue weighted by atomic mass is 32.2. The number of rotatable bonds is 5. The maximum atomic E-state index is 12.3. The fourth-order valence-corrected chi connectivity index (χ4v) is 3.33. The molecule has 0 unspecified atom stereocenters. The normalized spacial score (nSPS) is 11.5. The first-order valence-electron chi connectivity index (χ1n) is 8.31. The van der Waals surface area contributed by atoms with Crippen LogP contribution in [0.3, 0.4) is 0 Å². The Hall–Kier alpha value is -2.54. The number of aromatic nitrogens is 5. The predicted molar refractivity (Wildman–Crippen MR) is 102 cm³/mol. The lowest BCUT2D eigenvalue weighted by Gasteiger charge is -2.16. The highest BCUT2D eigenvalue weighted by molar-refractivity contribution is 7.99. The molecule has 6 nitrogen and oxygen atoms in total. The highest BCUT2D eigenvalue weighted by Gasteiger charge is 2.23. The summed E-state index contributed by atoms with van der Waals surface area (Å²) in [6.07, 6.45) is 4.90. The Labute approximate surface area is 157 Å². The number of Topliss-reactive ketones (excluding diaryl/α,β-unsaturated/α-hetero) is 1. The Kier molecular flexibility index (Phi) is 5.18. The first-order chi connectivity index (χ1) is 12.4. The topological polar surface area (TPSA) is 73.6 Å². The van der Waals surface area contributed by atoms with E-state index in [1.165, 1.54) is 17.3 Å². The van der Waals surface area contributed by atoms with Crippen LogP contribution < -0.4 is 0 Å². The Morgan fingerprint density at radius 2 is 1.85 bits per heavy atom. The van der Waals surface area contributed by atoms with Crippen LogP contribution in [0.4, 0.5) is 0 Å². The molecule has 0 aliphatic carbocycles. The molecule has 0 bridgehead atoms. The number of hydrogen-bond donors (Lipinski definition) is 0. The molecule has 0 saturated carbocycles. The lowest BCUT2D eigenvalue weighted by molar-refractivity contribution is -0.123. The minimum absolute atomic E-state index is 0.169. The van der Waals surface area contributed by atoms with Gasteiger partial charge in [-0.15, -0.1) is 10.2 Å². The van der Waals surface area contributed by atoms with Gasteiger partial charge >= 0.3 is 0 Å². The number of aryl methyl sites for hydroxylation is 1. The van der Waals surface area contributed by atoms with Crippen molar-refractivity contribution in [1.82, 2.24) is 24.7 Å². The molecule has 3 rings (SSSR count). The molecule has 2 heterocycles. The summed E-state index contributed by atoms with van der Waals surface area (Å²) in [5.74, 6) is 1.11. The second-order valence-corrected chi connectivity index (χ2v) is 7.97. The molecule has 0 fully saturated rings. The van der Waals surface area contributed by atoms with E-state index in [2.05, 4.69) is 20.2 Å². The van der Waals surface area contributed by atoms with Crippen LogP contribution in [0.5, 0.6) is 0 Å². The largest absolute Gasteiger partial charge is 0.298 e. The van der Waals surface area contributed by atoms with Gasteiger partial charge in [-0.25, -0.2) is 4.98 Å². The summed E-state index contributed by atoms with van der Waals surface area (Å²) in [6.45, 7) is 7.81. The third kappa shape index (κ3) is 3.99. The van der Waals surface area contributed by atoms with Crippen molar-refractivity contribution in [2.24, 2.45) is 5.41 Å². The molecule has 0 atom stereocenters. The molecule has 0 aliphatic rings. The SMILES string of the molecule is Cc1ccc(-n2c(SCC(=O)C(C)(C)C)nnc2-c2cnccn2)cc1. The molecule has 2 aromatic heterocycles. The number of benzene rings is 1. The summed E-state index contributed by atoms with van der Waals surface area (Å²) in [7, 11) is 0. The first kappa shape index (κ1) is 18.3. The first-order valence-corrected chi connectivity index (χ1v) is 9.30. The van der Waals surface area contributed by atoms with Gasteiger partial charge in [0.2, 0.25) is 0 Å². The number of carbonyl (C=O) groups is 1. The summed E-state index contributed by atoms with van der Waals surface area (Å²) in [4.78, 5) is 20.8. The van der Waals surface area contributed by atoms with Gasteiger partial charge in [0.1, 0.15) is 11.5 Å². The monoisotopic (exact) mass is 367 g/mol. The summed E-state index contributed by atoms with van der Waals surface area (Å²) < 4.78 is 1.92. The van der Waals surface area contributed by atoms with Gasteiger partial charge in [0, 0.05) is 23.5 Å². The second kappa shape index (κ2) is 7.37. The van der Waals surface area contributed by atoms with Crippen molar-refractivity contribution in [3.05, 3.63) is 48.4 Å². The molecule has 1 aromatic carbocycles. The van der Waals surface area contributed by atoms with Gasteiger partial charge in [0.15, 0.2) is 11.0 Å². The van der Waals surface area contributed by atoms with E-state index in [-0.39, 0.29) is 11.2 Å². The van der Waals surface area contributed by atoms with Crippen LogP contribution in [0.25, 0.3) is 17.2 Å². The molecule has 7 heteroatoms. The fourth-order valence-electron chi connectivity index (χ4n) is 2.22. The van der Waals surface area contributed by atoms with E-state index in [1.54, 1.807) is 18.6 Å². The maximum Gasteiger partial charge on any atom is 0.196 e. The van der Waals surface area contributed by atoms with Crippen molar-refractivity contribution in [2.75, 3.05) is 5.75 Å². The number of nitrogens with zero attached hydrogens (tertiary/aromatic N) is 5. The average molecular weight is 367 g/mol. The van der Waals surface area contributed by atoms with Gasteiger partial charge in [-0.2, -0.15) is 0 Å². The van der Waals surface area contributed by atoms with Crippen LogP contribution in [0.15, 0.2) is 48.0 Å². The van der Waals surface area contributed by atoms with Crippen molar-refractivity contribution in [1.29, 1.82) is 0 Å². The fraction of sp³-hybridized carbons (Fsp3) is 0.316. The standard InChI is InChI=1S/C19H21N5OS/c1-13-5-7-14(8-6-13)24-17(15-11-20-9-10-21-15)22-23-18(24)26-12-16(25)19(2,3)4/h5-11H,12H2,1-4H3. The van der Waals surface area contributed by atoms with Crippen molar-refractivity contribution in [3.63, 3.8) is 0 Å². The summed E-state index contributed by atoms with van der Waals surface area (Å²) in [5, 5.41) is 9.26. The smallest absolute Gasteiger partial charge is 0.196 e. The minimum atomic E-state index is -0.380. The van der Waals surface area contributed by atoms with E-state index >= 15 is 0 Å². The Balaban J connectivity index is 2.01. The highest BCUT2D eigenvalue weighted by Crippen LogP contribution is 2.28. The van der Waals surface area contributed by atoms with E-state index in [0.29, 0.717) is 22.4 Å². The molecule has 3 aromatic rings.